The maximum Gasteiger partial charge on any atom is 0.198 e. The number of nitrogens with one attached hydrogen (secondary N) is 1. The van der Waals surface area contributed by atoms with Gasteiger partial charge in [-0.2, -0.15) is 9.61 Å². The van der Waals surface area contributed by atoms with Gasteiger partial charge in [0.1, 0.15) is 11.9 Å². The number of anilines is 1. The lowest BCUT2D eigenvalue weighted by molar-refractivity contribution is 0.0269. The number of ketones is 1. The van der Waals surface area contributed by atoms with Crippen LogP contribution in [0.5, 0.6) is 0 Å². The fourth-order valence-electron chi connectivity index (χ4n) is 2.16. The molecule has 1 aliphatic rings. The summed E-state index contributed by atoms with van der Waals surface area (Å²) in [5.74, 6) is 0.143. The van der Waals surface area contributed by atoms with E-state index < -0.39 is 6.10 Å². The molecule has 0 radical (unpaired) electrons. The van der Waals surface area contributed by atoms with Crippen molar-refractivity contribution < 1.29 is 9.53 Å². The minimum absolute atomic E-state index is 0.160. The van der Waals surface area contributed by atoms with Crippen molar-refractivity contribution in [3.8, 4) is 0 Å². The van der Waals surface area contributed by atoms with Gasteiger partial charge in [-0.3, -0.25) is 4.79 Å². The van der Waals surface area contributed by atoms with E-state index in [2.05, 4.69) is 15.4 Å². The van der Waals surface area contributed by atoms with Crippen molar-refractivity contribution >= 4 is 17.2 Å². The van der Waals surface area contributed by atoms with E-state index in [1.807, 2.05) is 13.0 Å². The van der Waals surface area contributed by atoms with E-state index in [9.17, 15) is 4.79 Å². The molecule has 1 saturated heterocycles. The first-order valence-corrected chi connectivity index (χ1v) is 6.14. The lowest BCUT2D eigenvalue weighted by Gasteiger charge is -2.22. The number of carbonyl (C=O) groups excluding carboxylic acids is 1. The van der Waals surface area contributed by atoms with Crippen LogP contribution < -0.4 is 11.1 Å². The first-order chi connectivity index (χ1) is 9.16. The summed E-state index contributed by atoms with van der Waals surface area (Å²) in [6, 6.07) is 1.81. The average Bonchev–Trinajstić information content (AvgIpc) is 2.81. The lowest BCUT2D eigenvalue weighted by Crippen LogP contribution is -2.43. The number of aryl methyl sites for hydroxylation is 1. The first kappa shape index (κ1) is 12.1. The molecule has 0 spiro atoms. The highest BCUT2D eigenvalue weighted by atomic mass is 16.5. The van der Waals surface area contributed by atoms with E-state index in [1.54, 1.807) is 0 Å². The van der Waals surface area contributed by atoms with Crippen molar-refractivity contribution in [1.29, 1.82) is 0 Å². The fraction of sp³-hybridized carbons (Fsp3) is 0.417. The molecule has 7 heteroatoms. The third kappa shape index (κ3) is 2.06. The van der Waals surface area contributed by atoms with E-state index in [0.29, 0.717) is 30.2 Å². The summed E-state index contributed by atoms with van der Waals surface area (Å²) in [4.78, 5) is 16.5. The Morgan fingerprint density at radius 3 is 3.21 bits per heavy atom. The zero-order valence-corrected chi connectivity index (χ0v) is 10.6. The van der Waals surface area contributed by atoms with Gasteiger partial charge >= 0.3 is 0 Å². The molecule has 3 heterocycles. The molecule has 19 heavy (non-hydrogen) atoms. The normalized spacial score (nSPS) is 19.7. The molecule has 2 aromatic heterocycles. The maximum absolute atomic E-state index is 12.3. The summed E-state index contributed by atoms with van der Waals surface area (Å²) in [6.45, 7) is 3.62. The number of Topliss-reactive ketones (excluding diaryl/α,β-unsaturated/α-hetero) is 1. The van der Waals surface area contributed by atoms with Crippen LogP contribution in [0.15, 0.2) is 12.3 Å². The molecule has 7 nitrogen and oxygen atoms in total. The molecule has 0 bridgehead atoms. The van der Waals surface area contributed by atoms with Gasteiger partial charge in [0.25, 0.3) is 0 Å². The molecule has 1 fully saturated rings. The molecule has 1 atom stereocenters. The number of morpholine rings is 1. The van der Waals surface area contributed by atoms with E-state index in [-0.39, 0.29) is 5.78 Å². The van der Waals surface area contributed by atoms with E-state index in [1.165, 1.54) is 10.7 Å². The Morgan fingerprint density at radius 2 is 2.47 bits per heavy atom. The number of nitrogens with two attached hydrogens (primary N) is 1. The van der Waals surface area contributed by atoms with Gasteiger partial charge in [-0.25, -0.2) is 4.98 Å². The second kappa shape index (κ2) is 4.60. The third-order valence-corrected chi connectivity index (χ3v) is 3.13. The zero-order chi connectivity index (χ0) is 13.4. The molecule has 0 amide bonds. The largest absolute Gasteiger partial charge is 0.383 e. The van der Waals surface area contributed by atoms with E-state index in [0.717, 1.165) is 12.2 Å². The third-order valence-electron chi connectivity index (χ3n) is 3.13. The maximum atomic E-state index is 12.3. The first-order valence-electron chi connectivity index (χ1n) is 6.14. The van der Waals surface area contributed by atoms with Gasteiger partial charge < -0.3 is 15.8 Å². The van der Waals surface area contributed by atoms with E-state index in [4.69, 9.17) is 10.5 Å². The van der Waals surface area contributed by atoms with Gasteiger partial charge in [0, 0.05) is 25.4 Å². The van der Waals surface area contributed by atoms with E-state index >= 15 is 0 Å². The van der Waals surface area contributed by atoms with Crippen molar-refractivity contribution in [3.05, 3.63) is 23.5 Å². The van der Waals surface area contributed by atoms with Crippen LogP contribution in [0.3, 0.4) is 0 Å². The summed E-state index contributed by atoms with van der Waals surface area (Å²) in [6.07, 6.45) is 0.985. The SMILES string of the molecule is Cc1cc2ncc(C(=O)[C@H]3CNCCO3)c(N)n2n1. The van der Waals surface area contributed by atoms with Crippen LogP contribution in [-0.4, -0.2) is 46.2 Å². The number of nitrogen functional groups attached to an aromatic ring is 1. The monoisotopic (exact) mass is 261 g/mol. The quantitative estimate of drug-likeness (QED) is 0.726. The molecular weight excluding hydrogens is 246 g/mol. The molecule has 2 aromatic rings. The number of carbonyl (C=O) groups is 1. The van der Waals surface area contributed by atoms with Gasteiger partial charge in [0.05, 0.1) is 17.9 Å². The minimum atomic E-state index is -0.507. The second-order valence-electron chi connectivity index (χ2n) is 4.54. The van der Waals surface area contributed by atoms with Crippen LogP contribution in [0.1, 0.15) is 16.1 Å². The van der Waals surface area contributed by atoms with Gasteiger partial charge in [-0.15, -0.1) is 0 Å². The summed E-state index contributed by atoms with van der Waals surface area (Å²) in [5.41, 5.74) is 7.79. The fourth-order valence-corrected chi connectivity index (χ4v) is 2.16. The summed E-state index contributed by atoms with van der Waals surface area (Å²) < 4.78 is 6.93. The minimum Gasteiger partial charge on any atom is -0.383 e. The van der Waals surface area contributed by atoms with Gasteiger partial charge in [0.2, 0.25) is 0 Å². The van der Waals surface area contributed by atoms with Gasteiger partial charge in [-0.05, 0) is 6.92 Å². The number of hydrogen-bond acceptors (Lipinski definition) is 6. The summed E-state index contributed by atoms with van der Waals surface area (Å²) >= 11 is 0. The number of fused-ring (bicyclic) bond motifs is 1. The Labute approximate surface area is 109 Å². The van der Waals surface area contributed by atoms with Gasteiger partial charge in [-0.1, -0.05) is 0 Å². The Hall–Kier alpha value is -1.99. The molecule has 100 valence electrons. The number of ether oxygens (including phenoxy) is 1. The van der Waals surface area contributed by atoms with Crippen LogP contribution in [-0.2, 0) is 4.74 Å². The van der Waals surface area contributed by atoms with Crippen LogP contribution in [0, 0.1) is 6.92 Å². The zero-order valence-electron chi connectivity index (χ0n) is 10.6. The van der Waals surface area contributed by atoms with Crippen molar-refractivity contribution in [2.75, 3.05) is 25.4 Å². The van der Waals surface area contributed by atoms with Crippen molar-refractivity contribution in [2.45, 2.75) is 13.0 Å². The standard InChI is InChI=1S/C12H15N5O2/c1-7-4-10-15-5-8(12(13)17(10)16-7)11(18)9-6-14-2-3-19-9/h4-5,9,14H,2-3,6,13H2,1H3/t9-/m1/s1. The molecule has 1 aliphatic heterocycles. The highest BCUT2D eigenvalue weighted by Gasteiger charge is 2.26. The molecule has 3 N–H and O–H groups in total. The van der Waals surface area contributed by atoms with Gasteiger partial charge in [0.15, 0.2) is 11.4 Å². The number of hydrogen-bond donors (Lipinski definition) is 2. The topological polar surface area (TPSA) is 94.5 Å². The highest BCUT2D eigenvalue weighted by Crippen LogP contribution is 2.17. The van der Waals surface area contributed by atoms with Crippen molar-refractivity contribution in [3.63, 3.8) is 0 Å². The van der Waals surface area contributed by atoms with Crippen LogP contribution in [0.4, 0.5) is 5.82 Å². The Bertz CT molecular complexity index is 630. The predicted octanol–water partition coefficient (Wildman–Crippen LogP) is -0.209. The molecule has 0 aromatic carbocycles. The molecule has 0 unspecified atom stereocenters. The lowest BCUT2D eigenvalue weighted by atomic mass is 10.1. The van der Waals surface area contributed by atoms with Crippen molar-refractivity contribution in [1.82, 2.24) is 19.9 Å². The summed E-state index contributed by atoms with van der Waals surface area (Å²) in [7, 11) is 0. The Kier molecular flexibility index (Phi) is 2.92. The Morgan fingerprint density at radius 1 is 1.63 bits per heavy atom. The van der Waals surface area contributed by atoms with Crippen LogP contribution in [0.2, 0.25) is 0 Å². The summed E-state index contributed by atoms with van der Waals surface area (Å²) in [5, 5.41) is 7.34. The number of aromatic nitrogens is 3. The smallest absolute Gasteiger partial charge is 0.198 e. The molecular formula is C12H15N5O2. The molecule has 0 saturated carbocycles. The average molecular weight is 261 g/mol. The number of rotatable bonds is 2. The second-order valence-corrected chi connectivity index (χ2v) is 4.54. The van der Waals surface area contributed by atoms with Crippen molar-refractivity contribution in [2.24, 2.45) is 0 Å². The van der Waals surface area contributed by atoms with Crippen LogP contribution >= 0.6 is 0 Å². The number of nitrogens with zero attached hydrogens (tertiary/aromatic N) is 3. The molecule has 0 aliphatic carbocycles. The molecule has 3 rings (SSSR count). The predicted molar refractivity (Wildman–Crippen MR) is 69.1 cm³/mol. The van der Waals surface area contributed by atoms with Crippen LogP contribution in [0.25, 0.3) is 5.65 Å². The highest BCUT2D eigenvalue weighted by molar-refractivity contribution is 6.03. The Balaban J connectivity index is 1.99.